The molecule has 0 aliphatic rings. The minimum Gasteiger partial charge on any atom is -0.457 e. The van der Waals surface area contributed by atoms with Gasteiger partial charge in [0.05, 0.1) is 6.54 Å². The Bertz CT molecular complexity index is 582. The number of nitrogens with one attached hydrogen (secondary N) is 1. The Morgan fingerprint density at radius 1 is 1.10 bits per heavy atom. The van der Waals surface area contributed by atoms with Crippen molar-refractivity contribution in [3.05, 3.63) is 60.2 Å². The van der Waals surface area contributed by atoms with Gasteiger partial charge in [-0.3, -0.25) is 0 Å². The standard InChI is InChI=1S/C17H21N3O/c1-2-11-19-17(18)20-13-14-7-6-10-16(12-14)21-15-8-4-3-5-9-15/h3-10,12H,2,11,13H2,1H3,(H3,18,19,20). The van der Waals surface area contributed by atoms with Crippen molar-refractivity contribution in [3.8, 4) is 11.5 Å². The zero-order valence-electron chi connectivity index (χ0n) is 12.3. The molecule has 0 radical (unpaired) electrons. The molecule has 0 aliphatic carbocycles. The van der Waals surface area contributed by atoms with E-state index in [1.807, 2.05) is 54.6 Å². The molecule has 4 heteroatoms. The zero-order chi connectivity index (χ0) is 14.9. The fourth-order valence-corrected chi connectivity index (χ4v) is 1.82. The average molecular weight is 283 g/mol. The van der Waals surface area contributed by atoms with Crippen LogP contribution in [-0.2, 0) is 6.54 Å². The van der Waals surface area contributed by atoms with E-state index in [-0.39, 0.29) is 0 Å². The molecule has 0 aliphatic heterocycles. The van der Waals surface area contributed by atoms with Crippen LogP contribution in [0.15, 0.2) is 59.6 Å². The number of benzene rings is 2. The molecule has 0 aromatic heterocycles. The molecule has 0 saturated carbocycles. The Morgan fingerprint density at radius 2 is 1.86 bits per heavy atom. The second-order valence-corrected chi connectivity index (χ2v) is 4.69. The van der Waals surface area contributed by atoms with Gasteiger partial charge >= 0.3 is 0 Å². The van der Waals surface area contributed by atoms with Crippen LogP contribution in [0.3, 0.4) is 0 Å². The van der Waals surface area contributed by atoms with E-state index < -0.39 is 0 Å². The van der Waals surface area contributed by atoms with Crippen LogP contribution in [0.1, 0.15) is 18.9 Å². The lowest BCUT2D eigenvalue weighted by atomic mass is 10.2. The first-order valence-electron chi connectivity index (χ1n) is 7.13. The molecule has 3 N–H and O–H groups in total. The summed E-state index contributed by atoms with van der Waals surface area (Å²) in [5.74, 6) is 2.10. The third-order valence-corrected chi connectivity index (χ3v) is 2.87. The molecule has 2 aromatic rings. The van der Waals surface area contributed by atoms with E-state index in [1.54, 1.807) is 0 Å². The van der Waals surface area contributed by atoms with Crippen molar-refractivity contribution in [2.45, 2.75) is 19.9 Å². The lowest BCUT2D eigenvalue weighted by Crippen LogP contribution is -2.32. The van der Waals surface area contributed by atoms with Crippen LogP contribution < -0.4 is 15.8 Å². The maximum Gasteiger partial charge on any atom is 0.188 e. The summed E-state index contributed by atoms with van der Waals surface area (Å²) in [5.41, 5.74) is 6.84. The number of para-hydroxylation sites is 1. The second-order valence-electron chi connectivity index (χ2n) is 4.69. The van der Waals surface area contributed by atoms with Crippen molar-refractivity contribution in [2.24, 2.45) is 10.7 Å². The van der Waals surface area contributed by atoms with Gasteiger partial charge in [-0.15, -0.1) is 0 Å². The monoisotopic (exact) mass is 283 g/mol. The molecule has 0 bridgehead atoms. The summed E-state index contributed by atoms with van der Waals surface area (Å²) in [4.78, 5) is 4.31. The molecule has 0 fully saturated rings. The van der Waals surface area contributed by atoms with Crippen LogP contribution >= 0.6 is 0 Å². The van der Waals surface area contributed by atoms with Crippen molar-refractivity contribution in [1.82, 2.24) is 5.32 Å². The smallest absolute Gasteiger partial charge is 0.188 e. The maximum absolute atomic E-state index is 5.80. The number of rotatable bonds is 6. The van der Waals surface area contributed by atoms with Gasteiger partial charge in [-0.2, -0.15) is 0 Å². The van der Waals surface area contributed by atoms with Crippen molar-refractivity contribution in [1.29, 1.82) is 0 Å². The highest BCUT2D eigenvalue weighted by Gasteiger charge is 1.99. The van der Waals surface area contributed by atoms with Crippen molar-refractivity contribution < 1.29 is 4.74 Å². The third kappa shape index (κ3) is 5.18. The highest BCUT2D eigenvalue weighted by Crippen LogP contribution is 2.21. The maximum atomic E-state index is 5.80. The number of hydrogen-bond donors (Lipinski definition) is 2. The SMILES string of the molecule is CCCNC(N)=NCc1cccc(Oc2ccccc2)c1. The Morgan fingerprint density at radius 3 is 2.62 bits per heavy atom. The van der Waals surface area contributed by atoms with Gasteiger partial charge in [0, 0.05) is 6.54 Å². The van der Waals surface area contributed by atoms with Crippen molar-refractivity contribution in [3.63, 3.8) is 0 Å². The first-order valence-corrected chi connectivity index (χ1v) is 7.13. The van der Waals surface area contributed by atoms with Crippen LogP contribution in [0.25, 0.3) is 0 Å². The molecule has 4 nitrogen and oxygen atoms in total. The normalized spacial score (nSPS) is 11.2. The molecule has 0 atom stereocenters. The summed E-state index contributed by atoms with van der Waals surface area (Å²) in [7, 11) is 0. The summed E-state index contributed by atoms with van der Waals surface area (Å²) >= 11 is 0. The Hall–Kier alpha value is -2.49. The van der Waals surface area contributed by atoms with Gasteiger partial charge in [0.15, 0.2) is 5.96 Å². The molecule has 2 aromatic carbocycles. The van der Waals surface area contributed by atoms with Gasteiger partial charge in [0.2, 0.25) is 0 Å². The van der Waals surface area contributed by atoms with Crippen molar-refractivity contribution >= 4 is 5.96 Å². The van der Waals surface area contributed by atoms with Gasteiger partial charge in [-0.25, -0.2) is 4.99 Å². The van der Waals surface area contributed by atoms with E-state index in [0.717, 1.165) is 30.0 Å². The molecule has 0 amide bonds. The Balaban J connectivity index is 1.98. The predicted molar refractivity (Wildman–Crippen MR) is 86.6 cm³/mol. The van der Waals surface area contributed by atoms with Crippen LogP contribution in [-0.4, -0.2) is 12.5 Å². The predicted octanol–water partition coefficient (Wildman–Crippen LogP) is 3.29. The van der Waals surface area contributed by atoms with Gasteiger partial charge in [-0.1, -0.05) is 37.3 Å². The van der Waals surface area contributed by atoms with Crippen LogP contribution in [0.2, 0.25) is 0 Å². The van der Waals surface area contributed by atoms with E-state index in [1.165, 1.54) is 0 Å². The van der Waals surface area contributed by atoms with Crippen molar-refractivity contribution in [2.75, 3.05) is 6.54 Å². The van der Waals surface area contributed by atoms with Crippen LogP contribution in [0, 0.1) is 0 Å². The van der Waals surface area contributed by atoms with Gasteiger partial charge in [0.1, 0.15) is 11.5 Å². The topological polar surface area (TPSA) is 59.6 Å². The largest absolute Gasteiger partial charge is 0.457 e. The second kappa shape index (κ2) is 7.94. The van der Waals surface area contributed by atoms with E-state index >= 15 is 0 Å². The van der Waals surface area contributed by atoms with Gasteiger partial charge in [0.25, 0.3) is 0 Å². The number of nitrogens with two attached hydrogens (primary N) is 1. The molecule has 0 heterocycles. The average Bonchev–Trinajstić information content (AvgIpc) is 2.52. The first kappa shape index (κ1) is 14.9. The summed E-state index contributed by atoms with van der Waals surface area (Å²) < 4.78 is 5.80. The van der Waals surface area contributed by atoms with E-state index in [2.05, 4.69) is 17.2 Å². The van der Waals surface area contributed by atoms with Gasteiger partial charge < -0.3 is 15.8 Å². The van der Waals surface area contributed by atoms with E-state index in [4.69, 9.17) is 10.5 Å². The lowest BCUT2D eigenvalue weighted by molar-refractivity contribution is 0.482. The molecule has 0 spiro atoms. The minimum absolute atomic E-state index is 0.478. The molecule has 2 rings (SSSR count). The number of ether oxygens (including phenoxy) is 1. The highest BCUT2D eigenvalue weighted by atomic mass is 16.5. The molecular formula is C17H21N3O. The first-order chi connectivity index (χ1) is 10.3. The van der Waals surface area contributed by atoms with Crippen LogP contribution in [0.4, 0.5) is 0 Å². The fraction of sp³-hybridized carbons (Fsp3) is 0.235. The molecular weight excluding hydrogens is 262 g/mol. The molecule has 110 valence electrons. The number of hydrogen-bond acceptors (Lipinski definition) is 2. The summed E-state index contributed by atoms with van der Waals surface area (Å²) in [6, 6.07) is 17.6. The molecule has 0 unspecified atom stereocenters. The number of guanidine groups is 1. The third-order valence-electron chi connectivity index (χ3n) is 2.87. The summed E-state index contributed by atoms with van der Waals surface area (Å²) in [6.45, 7) is 3.46. The van der Waals surface area contributed by atoms with Gasteiger partial charge in [-0.05, 0) is 36.2 Å². The lowest BCUT2D eigenvalue weighted by Gasteiger charge is -2.07. The Labute approximate surface area is 125 Å². The van der Waals surface area contributed by atoms with E-state index in [9.17, 15) is 0 Å². The quantitative estimate of drug-likeness (QED) is 0.631. The Kier molecular flexibility index (Phi) is 5.64. The summed E-state index contributed by atoms with van der Waals surface area (Å²) in [6.07, 6.45) is 1.02. The number of aliphatic imine (C=N–C) groups is 1. The highest BCUT2D eigenvalue weighted by molar-refractivity contribution is 5.77. The number of nitrogens with zero attached hydrogens (tertiary/aromatic N) is 1. The minimum atomic E-state index is 0.478. The van der Waals surface area contributed by atoms with E-state index in [0.29, 0.717) is 12.5 Å². The molecule has 21 heavy (non-hydrogen) atoms. The van der Waals surface area contributed by atoms with Crippen LogP contribution in [0.5, 0.6) is 11.5 Å². The summed E-state index contributed by atoms with van der Waals surface area (Å²) in [5, 5.41) is 3.05. The zero-order valence-corrected chi connectivity index (χ0v) is 12.3. The fourth-order valence-electron chi connectivity index (χ4n) is 1.82. The molecule has 0 saturated heterocycles.